The van der Waals surface area contributed by atoms with Gasteiger partial charge in [-0.05, 0) is 36.0 Å². The number of amides is 1. The van der Waals surface area contributed by atoms with E-state index in [1.165, 1.54) is 25.4 Å². The van der Waals surface area contributed by atoms with Gasteiger partial charge in [-0.15, -0.1) is 0 Å². The zero-order valence-electron chi connectivity index (χ0n) is 14.6. The molecule has 26 heavy (non-hydrogen) atoms. The smallest absolute Gasteiger partial charge is 0.236 e. The molecule has 2 atom stereocenters. The van der Waals surface area contributed by atoms with Gasteiger partial charge in [0.25, 0.3) is 0 Å². The van der Waals surface area contributed by atoms with E-state index in [-0.39, 0.29) is 10.8 Å². The first kappa shape index (κ1) is 17.3. The molecule has 1 aromatic carbocycles. The molecule has 2 unspecified atom stereocenters. The molecule has 0 spiro atoms. The first-order valence-corrected chi connectivity index (χ1v) is 10.8. The summed E-state index contributed by atoms with van der Waals surface area (Å²) in [5, 5.41) is 6.63. The maximum Gasteiger partial charge on any atom is 0.236 e. The van der Waals surface area contributed by atoms with Gasteiger partial charge in [0, 0.05) is 12.3 Å². The summed E-state index contributed by atoms with van der Waals surface area (Å²) in [7, 11) is -3.26. The highest BCUT2D eigenvalue weighted by Gasteiger charge is 2.63. The van der Waals surface area contributed by atoms with Gasteiger partial charge in [-0.3, -0.25) is 4.79 Å². The Kier molecular flexibility index (Phi) is 4.14. The molecule has 4 rings (SSSR count). The minimum absolute atomic E-state index is 0.0876. The molecule has 2 aliphatic carbocycles. The molecule has 138 valence electrons. The molecule has 1 aromatic heterocycles. The van der Waals surface area contributed by atoms with Gasteiger partial charge in [0.05, 0.1) is 10.3 Å². The molecular weight excluding hydrogens is 352 g/mol. The third-order valence-corrected chi connectivity index (χ3v) is 6.99. The fourth-order valence-corrected chi connectivity index (χ4v) is 5.08. The predicted molar refractivity (Wildman–Crippen MR) is 96.4 cm³/mol. The predicted octanol–water partition coefficient (Wildman–Crippen LogP) is 3.16. The van der Waals surface area contributed by atoms with Gasteiger partial charge >= 0.3 is 0 Å². The molecule has 1 N–H and O–H groups in total. The van der Waals surface area contributed by atoms with Crippen molar-refractivity contribution in [1.29, 1.82) is 0 Å². The van der Waals surface area contributed by atoms with Gasteiger partial charge in [0.2, 0.25) is 5.91 Å². The Morgan fingerprint density at radius 2 is 1.88 bits per heavy atom. The number of carbonyl (C=O) groups excluding carboxylic acids is 1. The average molecular weight is 374 g/mol. The molecule has 0 saturated heterocycles. The van der Waals surface area contributed by atoms with Gasteiger partial charge < -0.3 is 9.84 Å². The van der Waals surface area contributed by atoms with Crippen LogP contribution in [0, 0.1) is 11.8 Å². The summed E-state index contributed by atoms with van der Waals surface area (Å²) in [5.74, 6) is 1.16. The molecule has 0 bridgehead atoms. The Labute approximate surface area is 152 Å². The fourth-order valence-electron chi connectivity index (χ4n) is 4.45. The van der Waals surface area contributed by atoms with Crippen LogP contribution in [0.3, 0.4) is 0 Å². The largest absolute Gasteiger partial charge is 0.363 e. The van der Waals surface area contributed by atoms with E-state index in [9.17, 15) is 13.2 Å². The van der Waals surface area contributed by atoms with Crippen molar-refractivity contribution in [3.8, 4) is 0 Å². The van der Waals surface area contributed by atoms with Crippen molar-refractivity contribution in [1.82, 2.24) is 5.16 Å². The number of hydrogen-bond acceptors (Lipinski definition) is 5. The van der Waals surface area contributed by atoms with Crippen LogP contribution in [0.1, 0.15) is 37.7 Å². The average Bonchev–Trinajstić information content (AvgIpc) is 2.97. The van der Waals surface area contributed by atoms with Crippen molar-refractivity contribution in [2.75, 3.05) is 11.6 Å². The number of carbonyl (C=O) groups is 1. The van der Waals surface area contributed by atoms with Crippen molar-refractivity contribution < 1.29 is 17.7 Å². The Morgan fingerprint density at radius 3 is 2.46 bits per heavy atom. The lowest BCUT2D eigenvalue weighted by atomic mass is 9.86. The molecule has 2 saturated carbocycles. The van der Waals surface area contributed by atoms with Crippen molar-refractivity contribution in [3.63, 3.8) is 0 Å². The summed E-state index contributed by atoms with van der Waals surface area (Å²) in [5.41, 5.74) is 0.270. The normalized spacial score (nSPS) is 26.0. The van der Waals surface area contributed by atoms with E-state index in [0.717, 1.165) is 24.8 Å². The van der Waals surface area contributed by atoms with E-state index < -0.39 is 15.3 Å². The Morgan fingerprint density at radius 1 is 1.19 bits per heavy atom. The van der Waals surface area contributed by atoms with Gasteiger partial charge in [-0.2, -0.15) is 0 Å². The third-order valence-electron chi connectivity index (χ3n) is 5.87. The number of benzene rings is 1. The number of nitrogens with one attached hydrogen (secondary N) is 1. The van der Waals surface area contributed by atoms with E-state index in [4.69, 9.17) is 4.52 Å². The van der Waals surface area contributed by atoms with Crippen LogP contribution in [-0.4, -0.2) is 25.7 Å². The van der Waals surface area contributed by atoms with Crippen LogP contribution in [0.15, 0.2) is 46.0 Å². The first-order chi connectivity index (χ1) is 12.4. The number of anilines is 1. The standard InChI is InChI=1S/C19H22N2O4S/c1-26(23,24)15-8-6-14(7-9-15)19(12-16(19)13-4-2-3-5-13)18(22)20-17-10-11-25-21-17/h6-11,13,16H,2-5,12H2,1H3,(H,20,21,22). The zero-order valence-corrected chi connectivity index (χ0v) is 15.5. The second-order valence-corrected chi connectivity index (χ2v) is 9.48. The molecule has 7 heteroatoms. The summed E-state index contributed by atoms with van der Waals surface area (Å²) in [4.78, 5) is 13.4. The molecule has 2 fully saturated rings. The number of aromatic nitrogens is 1. The maximum absolute atomic E-state index is 13.1. The second kappa shape index (κ2) is 6.23. The molecule has 0 radical (unpaired) electrons. The van der Waals surface area contributed by atoms with Crippen LogP contribution in [0.5, 0.6) is 0 Å². The molecule has 1 amide bonds. The maximum atomic E-state index is 13.1. The molecule has 2 aromatic rings. The Balaban J connectivity index is 1.66. The minimum Gasteiger partial charge on any atom is -0.363 e. The summed E-state index contributed by atoms with van der Waals surface area (Å²) in [6, 6.07) is 8.38. The molecule has 1 heterocycles. The van der Waals surface area contributed by atoms with Crippen LogP contribution in [0.25, 0.3) is 0 Å². The quantitative estimate of drug-likeness (QED) is 0.868. The monoisotopic (exact) mass is 374 g/mol. The number of rotatable bonds is 5. The van der Waals surface area contributed by atoms with E-state index in [2.05, 4.69) is 10.5 Å². The second-order valence-electron chi connectivity index (χ2n) is 7.46. The minimum atomic E-state index is -3.26. The van der Waals surface area contributed by atoms with Gasteiger partial charge in [-0.1, -0.05) is 43.0 Å². The number of sulfone groups is 1. The molecular formula is C19H22N2O4S. The van der Waals surface area contributed by atoms with E-state index in [0.29, 0.717) is 17.7 Å². The first-order valence-electron chi connectivity index (χ1n) is 8.94. The summed E-state index contributed by atoms with van der Waals surface area (Å²) in [6.45, 7) is 0. The SMILES string of the molecule is CS(=O)(=O)c1ccc(C2(C(=O)Nc3ccon3)CC2C2CCCC2)cc1. The zero-order chi connectivity index (χ0) is 18.4. The highest BCUT2D eigenvalue weighted by atomic mass is 32.2. The van der Waals surface area contributed by atoms with Crippen LogP contribution in [0.2, 0.25) is 0 Å². The van der Waals surface area contributed by atoms with Crippen LogP contribution >= 0.6 is 0 Å². The molecule has 0 aliphatic heterocycles. The van der Waals surface area contributed by atoms with Gasteiger partial charge in [0.15, 0.2) is 15.7 Å². The summed E-state index contributed by atoms with van der Waals surface area (Å²) < 4.78 is 28.3. The summed E-state index contributed by atoms with van der Waals surface area (Å²) >= 11 is 0. The van der Waals surface area contributed by atoms with Crippen molar-refractivity contribution >= 4 is 21.6 Å². The van der Waals surface area contributed by atoms with E-state index in [1.54, 1.807) is 30.3 Å². The van der Waals surface area contributed by atoms with E-state index in [1.807, 2.05) is 0 Å². The summed E-state index contributed by atoms with van der Waals surface area (Å²) in [6.07, 6.45) is 8.15. The van der Waals surface area contributed by atoms with Crippen LogP contribution in [-0.2, 0) is 20.0 Å². The van der Waals surface area contributed by atoms with Crippen molar-refractivity contribution in [2.45, 2.75) is 42.4 Å². The number of hydrogen-bond donors (Lipinski definition) is 1. The van der Waals surface area contributed by atoms with Crippen molar-refractivity contribution in [2.24, 2.45) is 11.8 Å². The molecule has 2 aliphatic rings. The van der Waals surface area contributed by atoms with E-state index >= 15 is 0 Å². The lowest BCUT2D eigenvalue weighted by Gasteiger charge is -2.20. The Hall–Kier alpha value is -2.15. The molecule has 6 nitrogen and oxygen atoms in total. The van der Waals surface area contributed by atoms with Gasteiger partial charge in [0.1, 0.15) is 6.26 Å². The lowest BCUT2D eigenvalue weighted by Crippen LogP contribution is -2.31. The highest BCUT2D eigenvalue weighted by Crippen LogP contribution is 2.61. The highest BCUT2D eigenvalue weighted by molar-refractivity contribution is 7.90. The van der Waals surface area contributed by atoms with Crippen LogP contribution < -0.4 is 5.32 Å². The van der Waals surface area contributed by atoms with Gasteiger partial charge in [-0.25, -0.2) is 8.42 Å². The van der Waals surface area contributed by atoms with Crippen LogP contribution in [0.4, 0.5) is 5.82 Å². The number of nitrogens with zero attached hydrogens (tertiary/aromatic N) is 1. The van der Waals surface area contributed by atoms with Crippen molar-refractivity contribution in [3.05, 3.63) is 42.2 Å². The lowest BCUT2D eigenvalue weighted by molar-refractivity contribution is -0.119. The fraction of sp³-hybridized carbons (Fsp3) is 0.474. The topological polar surface area (TPSA) is 89.3 Å². The third kappa shape index (κ3) is 2.94. The Bertz CT molecular complexity index is 900.